The van der Waals surface area contributed by atoms with Gasteiger partial charge >= 0.3 is 0 Å². The van der Waals surface area contributed by atoms with Gasteiger partial charge in [-0.15, -0.1) is 0 Å². The van der Waals surface area contributed by atoms with E-state index in [4.69, 9.17) is 9.47 Å². The minimum Gasteiger partial charge on any atom is -0.496 e. The van der Waals surface area contributed by atoms with Gasteiger partial charge in [0, 0.05) is 6.54 Å². The molecule has 132 valence electrons. The molecule has 0 bridgehead atoms. The fourth-order valence-electron chi connectivity index (χ4n) is 3.12. The summed E-state index contributed by atoms with van der Waals surface area (Å²) in [6.07, 6.45) is -0.0892. The smallest absolute Gasteiger partial charge is 0.257 e. The fraction of sp³-hybridized carbons (Fsp3) is 0.381. The van der Waals surface area contributed by atoms with Crippen LogP contribution in [0.15, 0.2) is 48.5 Å². The van der Waals surface area contributed by atoms with Gasteiger partial charge in [0.2, 0.25) is 0 Å². The van der Waals surface area contributed by atoms with Crippen LogP contribution in [0, 0.1) is 0 Å². The molecule has 1 fully saturated rings. The highest BCUT2D eigenvalue weighted by molar-refractivity contribution is 5.97. The summed E-state index contributed by atoms with van der Waals surface area (Å²) < 4.78 is 11.2. The molecule has 2 aromatic rings. The van der Waals surface area contributed by atoms with Crippen LogP contribution in [0.3, 0.4) is 0 Å². The van der Waals surface area contributed by atoms with Crippen molar-refractivity contribution in [3.8, 4) is 5.75 Å². The molecule has 0 aromatic heterocycles. The Hall–Kier alpha value is -2.33. The van der Waals surface area contributed by atoms with Crippen LogP contribution in [0.4, 0.5) is 0 Å². The molecule has 1 aliphatic rings. The lowest BCUT2D eigenvalue weighted by Crippen LogP contribution is -2.42. The molecule has 4 nitrogen and oxygen atoms in total. The number of carbonyl (C=O) groups is 1. The van der Waals surface area contributed by atoms with Gasteiger partial charge in [-0.2, -0.15) is 0 Å². The Labute approximate surface area is 149 Å². The van der Waals surface area contributed by atoms with Crippen LogP contribution < -0.4 is 4.74 Å². The third-order valence-electron chi connectivity index (χ3n) is 4.67. The van der Waals surface area contributed by atoms with Crippen molar-refractivity contribution in [3.63, 3.8) is 0 Å². The molecular weight excluding hydrogens is 314 g/mol. The van der Waals surface area contributed by atoms with Gasteiger partial charge in [-0.25, -0.2) is 0 Å². The van der Waals surface area contributed by atoms with Crippen molar-refractivity contribution in [1.29, 1.82) is 0 Å². The molecule has 25 heavy (non-hydrogen) atoms. The zero-order valence-electron chi connectivity index (χ0n) is 15.1. The second-order valence-corrected chi connectivity index (χ2v) is 6.63. The molecule has 1 atom stereocenters. The first-order valence-electron chi connectivity index (χ1n) is 8.74. The van der Waals surface area contributed by atoms with E-state index in [2.05, 4.69) is 38.1 Å². The number of morpholine rings is 1. The highest BCUT2D eigenvalue weighted by Crippen LogP contribution is 2.27. The maximum Gasteiger partial charge on any atom is 0.257 e. The molecule has 0 saturated carbocycles. The minimum absolute atomic E-state index is 0.00968. The number of hydrogen-bond acceptors (Lipinski definition) is 3. The van der Waals surface area contributed by atoms with Crippen LogP contribution in [0.2, 0.25) is 0 Å². The summed E-state index contributed by atoms with van der Waals surface area (Å²) in [4.78, 5) is 14.7. The number of hydrogen-bond donors (Lipinski definition) is 0. The molecule has 1 unspecified atom stereocenters. The highest BCUT2D eigenvalue weighted by Gasteiger charge is 2.27. The Morgan fingerprint density at radius 3 is 2.56 bits per heavy atom. The summed E-state index contributed by atoms with van der Waals surface area (Å²) in [7, 11) is 1.59. The quantitative estimate of drug-likeness (QED) is 0.844. The largest absolute Gasteiger partial charge is 0.496 e. The zero-order valence-corrected chi connectivity index (χ0v) is 15.1. The third-order valence-corrected chi connectivity index (χ3v) is 4.67. The summed E-state index contributed by atoms with van der Waals surface area (Å²) in [6, 6.07) is 15.9. The molecule has 0 radical (unpaired) electrons. The predicted octanol–water partition coefficient (Wildman–Crippen LogP) is 4.03. The molecule has 0 spiro atoms. The third kappa shape index (κ3) is 3.85. The number of benzene rings is 2. The summed E-state index contributed by atoms with van der Waals surface area (Å²) >= 11 is 0. The average Bonchev–Trinajstić information content (AvgIpc) is 2.67. The SMILES string of the molecule is COc1ccccc1C(=O)N1CCOC(c2ccc(C(C)C)cc2)C1. The number of ether oxygens (including phenoxy) is 2. The van der Waals surface area contributed by atoms with Crippen LogP contribution in [0.1, 0.15) is 47.4 Å². The summed E-state index contributed by atoms with van der Waals surface area (Å²) in [5, 5.41) is 0. The molecule has 3 rings (SSSR count). The molecular formula is C21H25NO3. The van der Waals surface area contributed by atoms with Gasteiger partial charge in [-0.3, -0.25) is 4.79 Å². The Kier molecular flexibility index (Phi) is 5.39. The molecule has 1 heterocycles. The van der Waals surface area contributed by atoms with E-state index in [-0.39, 0.29) is 12.0 Å². The molecule has 2 aromatic carbocycles. The predicted molar refractivity (Wildman–Crippen MR) is 98.1 cm³/mol. The summed E-state index contributed by atoms with van der Waals surface area (Å²) in [6.45, 7) is 6.05. The van der Waals surface area contributed by atoms with Crippen LogP contribution >= 0.6 is 0 Å². The molecule has 1 aliphatic heterocycles. The summed E-state index contributed by atoms with van der Waals surface area (Å²) in [5.41, 5.74) is 3.02. The highest BCUT2D eigenvalue weighted by atomic mass is 16.5. The molecule has 4 heteroatoms. The zero-order chi connectivity index (χ0) is 17.8. The Bertz CT molecular complexity index is 724. The first-order valence-corrected chi connectivity index (χ1v) is 8.74. The van der Waals surface area contributed by atoms with E-state index >= 15 is 0 Å². The Balaban J connectivity index is 1.75. The lowest BCUT2D eigenvalue weighted by atomic mass is 9.99. The van der Waals surface area contributed by atoms with Crippen molar-refractivity contribution >= 4 is 5.91 Å². The van der Waals surface area contributed by atoms with Gasteiger partial charge in [0.1, 0.15) is 11.9 Å². The van der Waals surface area contributed by atoms with Crippen LogP contribution in [0.25, 0.3) is 0 Å². The number of carbonyl (C=O) groups excluding carboxylic acids is 1. The second kappa shape index (κ2) is 7.70. The van der Waals surface area contributed by atoms with Gasteiger partial charge in [0.05, 0.1) is 25.8 Å². The van der Waals surface area contributed by atoms with Crippen molar-refractivity contribution < 1.29 is 14.3 Å². The average molecular weight is 339 g/mol. The van der Waals surface area contributed by atoms with E-state index in [9.17, 15) is 4.79 Å². The van der Waals surface area contributed by atoms with Crippen molar-refractivity contribution in [1.82, 2.24) is 4.90 Å². The molecule has 0 N–H and O–H groups in total. The number of methoxy groups -OCH3 is 1. The van der Waals surface area contributed by atoms with Crippen molar-refractivity contribution in [3.05, 3.63) is 65.2 Å². The minimum atomic E-state index is -0.0892. The van der Waals surface area contributed by atoms with Gasteiger partial charge in [-0.05, 0) is 29.2 Å². The summed E-state index contributed by atoms with van der Waals surface area (Å²) in [5.74, 6) is 1.10. The van der Waals surface area contributed by atoms with E-state index in [1.807, 2.05) is 29.2 Å². The monoisotopic (exact) mass is 339 g/mol. The number of rotatable bonds is 4. The van der Waals surface area contributed by atoms with Gasteiger partial charge in [0.15, 0.2) is 0 Å². The molecule has 1 amide bonds. The maximum absolute atomic E-state index is 12.9. The Morgan fingerprint density at radius 2 is 1.88 bits per heavy atom. The maximum atomic E-state index is 12.9. The van der Waals surface area contributed by atoms with Crippen LogP contribution in [0.5, 0.6) is 5.75 Å². The fourth-order valence-corrected chi connectivity index (χ4v) is 3.12. The lowest BCUT2D eigenvalue weighted by molar-refractivity contribution is -0.0229. The van der Waals surface area contributed by atoms with E-state index in [1.165, 1.54) is 5.56 Å². The van der Waals surface area contributed by atoms with Crippen molar-refractivity contribution in [2.24, 2.45) is 0 Å². The van der Waals surface area contributed by atoms with Crippen LogP contribution in [-0.2, 0) is 4.74 Å². The van der Waals surface area contributed by atoms with E-state index in [0.717, 1.165) is 5.56 Å². The van der Waals surface area contributed by atoms with Crippen LogP contribution in [-0.4, -0.2) is 37.6 Å². The van der Waals surface area contributed by atoms with Gasteiger partial charge in [0.25, 0.3) is 5.91 Å². The topological polar surface area (TPSA) is 38.8 Å². The van der Waals surface area contributed by atoms with Crippen molar-refractivity contribution in [2.45, 2.75) is 25.9 Å². The standard InChI is InChI=1S/C21H25NO3/c1-15(2)16-8-10-17(11-9-16)20-14-22(12-13-25-20)21(23)18-6-4-5-7-19(18)24-3/h4-11,15,20H,12-14H2,1-3H3. The van der Waals surface area contributed by atoms with E-state index in [1.54, 1.807) is 7.11 Å². The van der Waals surface area contributed by atoms with E-state index < -0.39 is 0 Å². The lowest BCUT2D eigenvalue weighted by Gasteiger charge is -2.33. The normalized spacial score (nSPS) is 17.6. The van der Waals surface area contributed by atoms with Gasteiger partial charge < -0.3 is 14.4 Å². The van der Waals surface area contributed by atoms with E-state index in [0.29, 0.717) is 36.9 Å². The number of nitrogens with zero attached hydrogens (tertiary/aromatic N) is 1. The first kappa shape index (κ1) is 17.5. The van der Waals surface area contributed by atoms with Gasteiger partial charge in [-0.1, -0.05) is 50.2 Å². The molecule has 0 aliphatic carbocycles. The second-order valence-electron chi connectivity index (χ2n) is 6.63. The van der Waals surface area contributed by atoms with Crippen molar-refractivity contribution in [2.75, 3.05) is 26.8 Å². The number of para-hydroxylation sites is 1. The number of amides is 1. The first-order chi connectivity index (χ1) is 12.1. The Morgan fingerprint density at radius 1 is 1.16 bits per heavy atom. The molecule has 1 saturated heterocycles.